The Morgan fingerprint density at radius 3 is 2.19 bits per heavy atom. The van der Waals surface area contributed by atoms with E-state index in [4.69, 9.17) is 5.73 Å². The molecule has 0 aromatic heterocycles. The van der Waals surface area contributed by atoms with Crippen molar-refractivity contribution in [2.45, 2.75) is 93.9 Å². The summed E-state index contributed by atoms with van der Waals surface area (Å²) >= 11 is 4.02. The van der Waals surface area contributed by atoms with Gasteiger partial charge in [0.1, 0.15) is 23.5 Å². The van der Waals surface area contributed by atoms with Gasteiger partial charge in [0.2, 0.25) is 29.5 Å². The van der Waals surface area contributed by atoms with Crippen LogP contribution in [0.5, 0.6) is 5.75 Å². The second-order valence-electron chi connectivity index (χ2n) is 15.3. The fraction of sp³-hybridized carbons (Fsp3) is 0.694. The van der Waals surface area contributed by atoms with E-state index in [9.17, 15) is 29.1 Å². The largest absolute Gasteiger partial charge is 0.508 e. The average molecular weight is 774 g/mol. The van der Waals surface area contributed by atoms with Crippen molar-refractivity contribution in [3.63, 3.8) is 0 Å². The molecule has 11 N–H and O–H groups in total. The number of amides is 5. The third kappa shape index (κ3) is 11.7. The minimum Gasteiger partial charge on any atom is -0.508 e. The first-order chi connectivity index (χ1) is 25.9. The second kappa shape index (κ2) is 19.4. The van der Waals surface area contributed by atoms with Crippen molar-refractivity contribution in [2.75, 3.05) is 64.7 Å². The number of phenolic OH excluding ortho intramolecular Hbond substituents is 1. The van der Waals surface area contributed by atoms with Crippen molar-refractivity contribution in [3.05, 3.63) is 29.8 Å². The molecule has 4 saturated heterocycles. The third-order valence-electron chi connectivity index (χ3n) is 10.6. The number of aromatic hydroxyl groups is 1. The highest BCUT2D eigenvalue weighted by atomic mass is 32.1. The van der Waals surface area contributed by atoms with Gasteiger partial charge in [0, 0.05) is 95.9 Å². The Morgan fingerprint density at radius 2 is 1.48 bits per heavy atom. The van der Waals surface area contributed by atoms with Gasteiger partial charge < -0.3 is 42.7 Å². The summed E-state index contributed by atoms with van der Waals surface area (Å²) in [6, 6.07) is 4.77. The van der Waals surface area contributed by atoms with Gasteiger partial charge in [-0.2, -0.15) is 12.6 Å². The van der Waals surface area contributed by atoms with Crippen LogP contribution in [-0.2, 0) is 30.4 Å². The maximum absolute atomic E-state index is 13.4. The highest BCUT2D eigenvalue weighted by Gasteiger charge is 2.54. The number of nitrogens with two attached hydrogens (primary N) is 1. The first kappa shape index (κ1) is 41.6. The van der Waals surface area contributed by atoms with E-state index in [1.165, 1.54) is 12.1 Å². The lowest BCUT2D eigenvalue weighted by Crippen LogP contribution is -2.67. The van der Waals surface area contributed by atoms with E-state index >= 15 is 0 Å². The molecule has 0 radical (unpaired) electrons. The molecule has 54 heavy (non-hydrogen) atoms. The summed E-state index contributed by atoms with van der Waals surface area (Å²) in [4.78, 5) is 68.1. The molecule has 5 rings (SSSR count). The number of unbranched alkanes of at least 4 members (excludes halogenated alkanes) is 2. The number of hydrogen-bond donors (Lipinski definition) is 11. The van der Waals surface area contributed by atoms with Gasteiger partial charge in [-0.3, -0.25) is 44.4 Å². The molecule has 4 aliphatic rings. The van der Waals surface area contributed by atoms with Crippen molar-refractivity contribution in [3.8, 4) is 5.75 Å². The van der Waals surface area contributed by atoms with Crippen LogP contribution in [0, 0.1) is 0 Å². The number of thiol groups is 1. The Kier molecular flexibility index (Phi) is 14.9. The Morgan fingerprint density at radius 1 is 0.852 bits per heavy atom. The molecule has 17 nitrogen and oxygen atoms in total. The minimum absolute atomic E-state index is 0.0342. The predicted molar refractivity (Wildman–Crippen MR) is 206 cm³/mol. The number of carbonyl (C=O) groups is 5. The van der Waals surface area contributed by atoms with Gasteiger partial charge >= 0.3 is 0 Å². The zero-order chi connectivity index (χ0) is 38.7. The lowest BCUT2D eigenvalue weighted by Gasteiger charge is -2.40. The fourth-order valence-corrected chi connectivity index (χ4v) is 8.08. The molecular weight excluding hydrogens is 715 g/mol. The lowest BCUT2D eigenvalue weighted by molar-refractivity contribution is -0.129. The van der Waals surface area contributed by atoms with Crippen molar-refractivity contribution >= 4 is 42.2 Å². The molecular formula is C36H59N11O6S. The molecule has 0 aliphatic carbocycles. The number of benzene rings is 1. The topological polar surface area (TPSA) is 234 Å². The van der Waals surface area contributed by atoms with Crippen molar-refractivity contribution < 1.29 is 29.1 Å². The number of phenols is 1. The first-order valence-corrected chi connectivity index (χ1v) is 19.8. The van der Waals surface area contributed by atoms with Crippen molar-refractivity contribution in [1.29, 1.82) is 0 Å². The molecule has 4 fully saturated rings. The molecule has 5 amide bonds. The number of nitrogens with zero attached hydrogens (tertiary/aromatic N) is 2. The smallest absolute Gasteiger partial charge is 0.242 e. The lowest BCUT2D eigenvalue weighted by atomic mass is 10.0. The van der Waals surface area contributed by atoms with Crippen LogP contribution in [0.3, 0.4) is 0 Å². The van der Waals surface area contributed by atoms with Gasteiger partial charge in [-0.25, -0.2) is 0 Å². The number of hydrogen-bond acceptors (Lipinski definition) is 13. The van der Waals surface area contributed by atoms with E-state index in [1.807, 2.05) is 0 Å². The molecule has 0 spiro atoms. The summed E-state index contributed by atoms with van der Waals surface area (Å²) in [6.45, 7) is 9.14. The SMILES string of the molecule is CC12CNCCNCC3(NC(=O)CCCC(=O)NC(Cc4ccc(O)cc4)C(=O)NCCCCCC(=O)NC(CS)C(N)=O)CN4CCN(C1)[C@H](N2)[C@@H]4N3. The molecule has 4 heterocycles. The zero-order valence-corrected chi connectivity index (χ0v) is 32.1. The molecule has 18 heteroatoms. The predicted octanol–water partition coefficient (Wildman–Crippen LogP) is -2.59. The Labute approximate surface area is 322 Å². The molecule has 300 valence electrons. The number of rotatable bonds is 18. The van der Waals surface area contributed by atoms with Crippen LogP contribution in [0.15, 0.2) is 24.3 Å². The highest BCUT2D eigenvalue weighted by Crippen LogP contribution is 2.30. The van der Waals surface area contributed by atoms with Crippen molar-refractivity contribution in [2.24, 2.45) is 5.73 Å². The van der Waals surface area contributed by atoms with E-state index in [1.54, 1.807) is 12.1 Å². The van der Waals surface area contributed by atoms with E-state index in [0.29, 0.717) is 45.3 Å². The molecule has 4 bridgehead atoms. The quantitative estimate of drug-likeness (QED) is 0.0545. The van der Waals surface area contributed by atoms with Gasteiger partial charge in [-0.05, 0) is 43.9 Å². The fourth-order valence-electron chi connectivity index (χ4n) is 7.81. The van der Waals surface area contributed by atoms with Crippen LogP contribution in [0.4, 0.5) is 0 Å². The maximum Gasteiger partial charge on any atom is 0.242 e. The maximum atomic E-state index is 13.4. The van der Waals surface area contributed by atoms with Gasteiger partial charge in [0.05, 0.1) is 12.3 Å². The molecule has 4 unspecified atom stereocenters. The highest BCUT2D eigenvalue weighted by molar-refractivity contribution is 7.80. The number of fused-ring (bicyclic) bond motifs is 2. The van der Waals surface area contributed by atoms with Gasteiger partial charge in [0.15, 0.2) is 0 Å². The molecule has 0 saturated carbocycles. The van der Waals surface area contributed by atoms with Crippen LogP contribution in [0.2, 0.25) is 0 Å². The third-order valence-corrected chi connectivity index (χ3v) is 10.9. The Balaban J connectivity index is 1.08. The zero-order valence-electron chi connectivity index (χ0n) is 31.3. The summed E-state index contributed by atoms with van der Waals surface area (Å²) in [5.74, 6) is -1.55. The normalized spacial score (nSPS) is 26.6. The summed E-state index contributed by atoms with van der Waals surface area (Å²) in [6.07, 6.45) is 2.97. The summed E-state index contributed by atoms with van der Waals surface area (Å²) in [5, 5.41) is 36.0. The Bertz CT molecular complexity index is 1470. The van der Waals surface area contributed by atoms with Crippen LogP contribution < -0.4 is 48.3 Å². The van der Waals surface area contributed by atoms with Crippen LogP contribution >= 0.6 is 12.6 Å². The minimum atomic E-state index is -0.866. The molecule has 1 aromatic carbocycles. The standard InChI is InChI=1S/C36H59N11O6S/c1-35-20-38-14-15-39-21-36(23-47-17-16-46(22-35)32(44-35)33(47)45-36)43-30(51)8-5-7-29(50)41-26(18-24-9-11-25(48)12-10-24)34(53)40-13-4-2-3-6-28(49)42-27(19-54)31(37)52/h9-12,26-27,32-33,38-39,44-45,48,54H,2-8,13-23H2,1H3,(H2,37,52)(H,40,53)(H,41,50)(H,42,49)(H,43,51)/t26?,27?,32-,33+,35?,36?/m0/s1. The van der Waals surface area contributed by atoms with Gasteiger partial charge in [-0.15, -0.1) is 0 Å². The van der Waals surface area contributed by atoms with E-state index in [2.05, 4.69) is 71.9 Å². The van der Waals surface area contributed by atoms with Crippen molar-refractivity contribution in [1.82, 2.24) is 52.3 Å². The second-order valence-corrected chi connectivity index (χ2v) is 15.7. The van der Waals surface area contributed by atoms with Gasteiger partial charge in [-0.1, -0.05) is 18.6 Å². The molecule has 6 atom stereocenters. The first-order valence-electron chi connectivity index (χ1n) is 19.2. The molecule has 4 aliphatic heterocycles. The van der Waals surface area contributed by atoms with Crippen LogP contribution in [0.25, 0.3) is 0 Å². The number of piperazine rings is 1. The number of primary amides is 1. The average Bonchev–Trinajstić information content (AvgIpc) is 3.67. The van der Waals surface area contributed by atoms with E-state index in [-0.39, 0.29) is 78.7 Å². The van der Waals surface area contributed by atoms with E-state index < -0.39 is 23.7 Å². The van der Waals surface area contributed by atoms with Crippen LogP contribution in [0.1, 0.15) is 57.4 Å². The number of nitrogens with one attached hydrogen (secondary N) is 8. The summed E-state index contributed by atoms with van der Waals surface area (Å²) in [5.41, 5.74) is 5.32. The van der Waals surface area contributed by atoms with Gasteiger partial charge in [0.25, 0.3) is 0 Å². The Hall–Kier alpha value is -3.52. The van der Waals surface area contributed by atoms with Crippen LogP contribution in [-0.4, -0.2) is 145 Å². The summed E-state index contributed by atoms with van der Waals surface area (Å²) < 4.78 is 0. The monoisotopic (exact) mass is 773 g/mol. The van der Waals surface area contributed by atoms with E-state index in [0.717, 1.165) is 44.8 Å². The number of carbonyl (C=O) groups excluding carboxylic acids is 5. The molecule has 1 aromatic rings. The summed E-state index contributed by atoms with van der Waals surface area (Å²) in [7, 11) is 0.